The number of rotatable bonds is 9. The zero-order chi connectivity index (χ0) is 19.6. The van der Waals surface area contributed by atoms with Crippen molar-refractivity contribution in [3.05, 3.63) is 71.0 Å². The molecular formula is C22H27FN2O2. The highest BCUT2D eigenvalue weighted by atomic mass is 19.1. The lowest BCUT2D eigenvalue weighted by Crippen LogP contribution is -2.22. The molecule has 0 spiro atoms. The Morgan fingerprint density at radius 3 is 2.37 bits per heavy atom. The summed E-state index contributed by atoms with van der Waals surface area (Å²) >= 11 is 0. The number of halogens is 1. The number of carbonyl (C=O) groups excluding carboxylic acids is 1. The van der Waals surface area contributed by atoms with Crippen molar-refractivity contribution < 1.29 is 13.9 Å². The Kier molecular flexibility index (Phi) is 8.01. The van der Waals surface area contributed by atoms with E-state index in [0.29, 0.717) is 12.1 Å². The average Bonchev–Trinajstić information content (AvgIpc) is 2.69. The van der Waals surface area contributed by atoms with E-state index in [0.717, 1.165) is 25.2 Å². The lowest BCUT2D eigenvalue weighted by atomic mass is 10.1. The van der Waals surface area contributed by atoms with Crippen molar-refractivity contribution in [2.24, 2.45) is 0 Å². The first kappa shape index (κ1) is 20.6. The largest absolute Gasteiger partial charge is 0.494 e. The molecule has 2 aromatic rings. The van der Waals surface area contributed by atoms with Gasteiger partial charge in [-0.2, -0.15) is 0 Å². The first-order valence-electron chi connectivity index (χ1n) is 9.15. The van der Waals surface area contributed by atoms with Crippen molar-refractivity contribution in [1.82, 2.24) is 10.2 Å². The summed E-state index contributed by atoms with van der Waals surface area (Å²) in [6, 6.07) is 12.8. The first-order valence-corrected chi connectivity index (χ1v) is 9.15. The minimum absolute atomic E-state index is 0.182. The fraction of sp³-hybridized carbons (Fsp3) is 0.318. The molecule has 0 radical (unpaired) electrons. The summed E-state index contributed by atoms with van der Waals surface area (Å²) in [4.78, 5) is 14.3. The third-order valence-corrected chi connectivity index (χ3v) is 4.39. The summed E-state index contributed by atoms with van der Waals surface area (Å²) in [5.41, 5.74) is 2.90. The predicted molar refractivity (Wildman–Crippen MR) is 107 cm³/mol. The van der Waals surface area contributed by atoms with E-state index in [1.165, 1.54) is 30.9 Å². The molecule has 4 nitrogen and oxygen atoms in total. The first-order chi connectivity index (χ1) is 13.0. The Morgan fingerprint density at radius 1 is 1.11 bits per heavy atom. The lowest BCUT2D eigenvalue weighted by molar-refractivity contribution is -0.116. The molecule has 27 heavy (non-hydrogen) atoms. The Morgan fingerprint density at radius 2 is 1.78 bits per heavy atom. The standard InChI is InChI=1S/C22H27FN2O2/c1-4-25(5-2)16-19-8-6-18(7-9-19)15-24-22(26)13-11-17-10-12-21(27-3)20(23)14-17/h6-14H,4-5,15-16H2,1-3H3,(H,24,26)/b13-11+. The molecule has 0 fully saturated rings. The molecule has 0 aliphatic rings. The number of nitrogens with zero attached hydrogens (tertiary/aromatic N) is 1. The Hall–Kier alpha value is -2.66. The molecule has 0 aromatic heterocycles. The molecular weight excluding hydrogens is 343 g/mol. The maximum Gasteiger partial charge on any atom is 0.244 e. The zero-order valence-corrected chi connectivity index (χ0v) is 16.2. The van der Waals surface area contributed by atoms with E-state index >= 15 is 0 Å². The number of nitrogens with one attached hydrogen (secondary N) is 1. The molecule has 1 N–H and O–H groups in total. The van der Waals surface area contributed by atoms with E-state index in [1.54, 1.807) is 12.1 Å². The van der Waals surface area contributed by atoms with Gasteiger partial charge in [-0.05, 0) is 48.0 Å². The van der Waals surface area contributed by atoms with Crippen molar-refractivity contribution in [3.63, 3.8) is 0 Å². The maximum absolute atomic E-state index is 13.6. The van der Waals surface area contributed by atoms with Gasteiger partial charge in [0.15, 0.2) is 11.6 Å². The van der Waals surface area contributed by atoms with Gasteiger partial charge in [0, 0.05) is 19.2 Å². The number of benzene rings is 2. The van der Waals surface area contributed by atoms with Gasteiger partial charge >= 0.3 is 0 Å². The Bertz CT molecular complexity index is 768. The summed E-state index contributed by atoms with van der Waals surface area (Å²) in [5, 5.41) is 2.83. The fourth-order valence-electron chi connectivity index (χ4n) is 2.67. The molecule has 0 unspecified atom stereocenters. The highest BCUT2D eigenvalue weighted by Gasteiger charge is 2.03. The lowest BCUT2D eigenvalue weighted by Gasteiger charge is -2.18. The second-order valence-corrected chi connectivity index (χ2v) is 6.22. The van der Waals surface area contributed by atoms with Crippen LogP contribution < -0.4 is 10.1 Å². The minimum Gasteiger partial charge on any atom is -0.494 e. The van der Waals surface area contributed by atoms with Crippen molar-refractivity contribution in [3.8, 4) is 5.75 Å². The van der Waals surface area contributed by atoms with Gasteiger partial charge in [-0.25, -0.2) is 4.39 Å². The van der Waals surface area contributed by atoms with Crippen LogP contribution in [0.3, 0.4) is 0 Å². The molecule has 2 aromatic carbocycles. The number of methoxy groups -OCH3 is 1. The monoisotopic (exact) mass is 370 g/mol. The van der Waals surface area contributed by atoms with E-state index in [4.69, 9.17) is 4.74 Å². The van der Waals surface area contributed by atoms with Crippen LogP contribution in [-0.2, 0) is 17.9 Å². The molecule has 5 heteroatoms. The average molecular weight is 370 g/mol. The summed E-state index contributed by atoms with van der Waals surface area (Å²) in [7, 11) is 1.41. The van der Waals surface area contributed by atoms with Crippen molar-refractivity contribution in [1.29, 1.82) is 0 Å². The summed E-state index contributed by atoms with van der Waals surface area (Å²) in [6.07, 6.45) is 2.97. The molecule has 144 valence electrons. The van der Waals surface area contributed by atoms with E-state index < -0.39 is 5.82 Å². The minimum atomic E-state index is -0.454. The van der Waals surface area contributed by atoms with Gasteiger partial charge in [-0.3, -0.25) is 9.69 Å². The Labute approximate surface area is 160 Å². The summed E-state index contributed by atoms with van der Waals surface area (Å²) in [6.45, 7) is 7.74. The number of hydrogen-bond acceptors (Lipinski definition) is 3. The van der Waals surface area contributed by atoms with Gasteiger partial charge in [0.2, 0.25) is 5.91 Å². The van der Waals surface area contributed by atoms with Gasteiger partial charge in [-0.1, -0.05) is 44.2 Å². The molecule has 2 rings (SSSR count). The molecule has 0 saturated carbocycles. The molecule has 0 bridgehead atoms. The van der Waals surface area contributed by atoms with Crippen LogP contribution in [0, 0.1) is 5.82 Å². The van der Waals surface area contributed by atoms with Gasteiger partial charge in [0.05, 0.1) is 7.11 Å². The van der Waals surface area contributed by atoms with E-state index in [2.05, 4.69) is 36.2 Å². The van der Waals surface area contributed by atoms with E-state index in [-0.39, 0.29) is 11.7 Å². The molecule has 1 amide bonds. The second-order valence-electron chi connectivity index (χ2n) is 6.22. The molecule has 0 saturated heterocycles. The van der Waals surface area contributed by atoms with Crippen LogP contribution in [0.1, 0.15) is 30.5 Å². The van der Waals surface area contributed by atoms with Crippen LogP contribution in [0.2, 0.25) is 0 Å². The number of hydrogen-bond donors (Lipinski definition) is 1. The van der Waals surface area contributed by atoms with Crippen LogP contribution in [0.5, 0.6) is 5.75 Å². The normalized spacial score (nSPS) is 11.1. The quantitative estimate of drug-likeness (QED) is 0.678. The van der Waals surface area contributed by atoms with Crippen LogP contribution in [0.4, 0.5) is 4.39 Å². The molecule has 0 heterocycles. The van der Waals surface area contributed by atoms with Crippen molar-refractivity contribution in [2.45, 2.75) is 26.9 Å². The van der Waals surface area contributed by atoms with Gasteiger partial charge < -0.3 is 10.1 Å². The van der Waals surface area contributed by atoms with Crippen LogP contribution in [-0.4, -0.2) is 31.0 Å². The van der Waals surface area contributed by atoms with Gasteiger partial charge in [0.25, 0.3) is 0 Å². The van der Waals surface area contributed by atoms with Crippen molar-refractivity contribution in [2.75, 3.05) is 20.2 Å². The van der Waals surface area contributed by atoms with Crippen molar-refractivity contribution >= 4 is 12.0 Å². The van der Waals surface area contributed by atoms with E-state index in [1.807, 2.05) is 12.1 Å². The molecule has 0 atom stereocenters. The van der Waals surface area contributed by atoms with Gasteiger partial charge in [0.1, 0.15) is 0 Å². The van der Waals surface area contributed by atoms with Crippen LogP contribution >= 0.6 is 0 Å². The predicted octanol–water partition coefficient (Wildman–Crippen LogP) is 4.01. The summed E-state index contributed by atoms with van der Waals surface area (Å²) < 4.78 is 18.5. The van der Waals surface area contributed by atoms with Crippen LogP contribution in [0.25, 0.3) is 6.08 Å². The topological polar surface area (TPSA) is 41.6 Å². The van der Waals surface area contributed by atoms with E-state index in [9.17, 15) is 9.18 Å². The van der Waals surface area contributed by atoms with Gasteiger partial charge in [-0.15, -0.1) is 0 Å². The third-order valence-electron chi connectivity index (χ3n) is 4.39. The smallest absolute Gasteiger partial charge is 0.244 e. The zero-order valence-electron chi connectivity index (χ0n) is 16.2. The highest BCUT2D eigenvalue weighted by molar-refractivity contribution is 5.91. The van der Waals surface area contributed by atoms with Crippen LogP contribution in [0.15, 0.2) is 48.5 Å². The Balaban J connectivity index is 1.85. The second kappa shape index (κ2) is 10.5. The third kappa shape index (κ3) is 6.53. The SMILES string of the molecule is CCN(CC)Cc1ccc(CNC(=O)/C=C/c2ccc(OC)c(F)c2)cc1. The highest BCUT2D eigenvalue weighted by Crippen LogP contribution is 2.18. The number of carbonyl (C=O) groups is 1. The number of amides is 1. The number of ether oxygens (including phenoxy) is 1. The molecule has 0 aliphatic heterocycles. The maximum atomic E-state index is 13.6. The molecule has 0 aliphatic carbocycles. The summed E-state index contributed by atoms with van der Waals surface area (Å²) in [5.74, 6) is -0.496. The fourth-order valence-corrected chi connectivity index (χ4v) is 2.67.